The Labute approximate surface area is 593 Å². The average molecular weight is 1580 g/mol. The van der Waals surface area contributed by atoms with Crippen LogP contribution < -0.4 is 56.8 Å². The second kappa shape index (κ2) is 37.7. The van der Waals surface area contributed by atoms with Gasteiger partial charge in [0.1, 0.15) is 58.6 Å². The van der Waals surface area contributed by atoms with Crippen molar-refractivity contribution in [3.05, 3.63) is 159 Å². The number of aryl methyl sites for hydroxylation is 3. The van der Waals surface area contributed by atoms with Gasteiger partial charge >= 0.3 is 18.0 Å². The number of aromatic nitrogens is 12. The highest BCUT2D eigenvalue weighted by Crippen LogP contribution is 2.38. The van der Waals surface area contributed by atoms with Gasteiger partial charge in [0, 0.05) is 78.4 Å². The van der Waals surface area contributed by atoms with E-state index in [1.807, 2.05) is 32.4 Å². The lowest BCUT2D eigenvalue weighted by molar-refractivity contribution is 0.202. The van der Waals surface area contributed by atoms with Crippen molar-refractivity contribution in [3.63, 3.8) is 0 Å². The number of nitrogens with one attached hydrogen (secondary N) is 6. The lowest BCUT2D eigenvalue weighted by Gasteiger charge is -2.15. The van der Waals surface area contributed by atoms with Crippen LogP contribution >= 0.6 is 47.8 Å². The summed E-state index contributed by atoms with van der Waals surface area (Å²) in [5, 5.41) is 0. The van der Waals surface area contributed by atoms with Gasteiger partial charge in [0.15, 0.2) is 17.5 Å². The zero-order chi connectivity index (χ0) is 76.1. The molecule has 0 aliphatic carbocycles. The van der Waals surface area contributed by atoms with Crippen molar-refractivity contribution in [2.45, 2.75) is 60.8 Å². The van der Waals surface area contributed by atoms with Gasteiger partial charge in [-0.25, -0.2) is 59.8 Å². The third kappa shape index (κ3) is 24.9. The van der Waals surface area contributed by atoms with Gasteiger partial charge in [-0.05, 0) is 110 Å². The van der Waals surface area contributed by atoms with Crippen LogP contribution in [0, 0.1) is 20.8 Å². The molecule has 0 atom stereocenters. The number of hydrogen-bond acceptors (Lipinski definition) is 24. The maximum Gasteiger partial charge on any atom is 0.316 e. The highest BCUT2D eigenvalue weighted by atomic mass is 79.9. The van der Waals surface area contributed by atoms with E-state index in [2.05, 4.69) is 126 Å². The van der Waals surface area contributed by atoms with Gasteiger partial charge in [-0.15, -0.1) is 0 Å². The largest absolute Gasteiger partial charge is 0.473 e. The van der Waals surface area contributed by atoms with Crippen LogP contribution in [0.15, 0.2) is 142 Å². The molecular weight excluding hydrogens is 1500 g/mol. The van der Waals surface area contributed by atoms with Crippen LogP contribution in [0.5, 0.6) is 35.7 Å². The van der Waals surface area contributed by atoms with Gasteiger partial charge in [0.2, 0.25) is 17.6 Å². The summed E-state index contributed by atoms with van der Waals surface area (Å²) in [4.78, 5) is 48.6. The number of nitrogens with zero attached hydrogens (tertiary/aromatic N) is 12. The van der Waals surface area contributed by atoms with E-state index in [0.717, 1.165) is 56.0 Å². The van der Waals surface area contributed by atoms with Crippen molar-refractivity contribution < 1.29 is 64.6 Å². The molecule has 96 heavy (non-hydrogen) atoms. The van der Waals surface area contributed by atoms with Crippen LogP contribution in [0.1, 0.15) is 67.6 Å². The Morgan fingerprint density at radius 3 is 1.03 bits per heavy atom. The van der Waals surface area contributed by atoms with Crippen molar-refractivity contribution >= 4 is 95.9 Å². The van der Waals surface area contributed by atoms with E-state index in [1.165, 1.54) is 6.92 Å². The SMILES string of the molecule is [2H]C([2H])(C)C([2H])([2H])NS(=O)(=O)Nc1ncnc(OCCOc2ncc(C)cn2)c1-c1ccc(Br)cc1.[2H]C([2H])(CC)NS(=O)(=O)Nc1ncnc(OCCOc2ncc(C)cn2)c1-c1ccc(Br)cc1.[2H]C([2H])(COc1ncc(C)cn1)Oc1ncnc(NS(=O)(=O)NCCC)c1-c1ccc(Br)cc1. The van der Waals surface area contributed by atoms with Crippen molar-refractivity contribution in [1.29, 1.82) is 0 Å². The van der Waals surface area contributed by atoms with Gasteiger partial charge in [0.25, 0.3) is 30.6 Å². The summed E-state index contributed by atoms with van der Waals surface area (Å²) in [5.74, 6) is -0.382. The third-order valence-electron chi connectivity index (χ3n) is 11.6. The molecule has 0 bridgehead atoms. The topological polar surface area (TPSA) is 385 Å². The first-order valence-corrected chi connectivity index (χ1v) is 35.2. The summed E-state index contributed by atoms with van der Waals surface area (Å²) in [6.45, 7) is 2.37. The molecule has 9 rings (SSSR count). The first-order chi connectivity index (χ1) is 48.9. The average Bonchev–Trinajstić information content (AvgIpc) is 0.801. The molecule has 36 heteroatoms. The minimum Gasteiger partial charge on any atom is -0.473 e. The molecule has 6 aromatic heterocycles. The third-order valence-corrected chi connectivity index (χ3v) is 15.9. The summed E-state index contributed by atoms with van der Waals surface area (Å²) in [6.07, 6.45) is 10.9. The van der Waals surface area contributed by atoms with E-state index < -0.39 is 63.2 Å². The molecule has 9 aromatic rings. The monoisotopic (exact) mass is 1570 g/mol. The Kier molecular flexibility index (Phi) is 25.0. The van der Waals surface area contributed by atoms with Gasteiger partial charge in [0.05, 0.1) is 19.4 Å². The first-order valence-electron chi connectivity index (χ1n) is 32.4. The van der Waals surface area contributed by atoms with Gasteiger partial charge in [-0.3, -0.25) is 14.2 Å². The molecule has 0 fully saturated rings. The fraction of sp³-hybridized carbons (Fsp3) is 0.300. The molecule has 0 radical (unpaired) electrons. The number of halogens is 3. The molecule has 0 spiro atoms. The lowest BCUT2D eigenvalue weighted by Crippen LogP contribution is -2.31. The molecule has 0 unspecified atom stereocenters. The van der Waals surface area contributed by atoms with Crippen LogP contribution in [0.3, 0.4) is 0 Å². The smallest absolute Gasteiger partial charge is 0.316 e. The maximum atomic E-state index is 12.7. The quantitative estimate of drug-likeness (QED) is 0.0208. The van der Waals surface area contributed by atoms with Crippen LogP contribution in [-0.2, 0) is 30.6 Å². The Hall–Kier alpha value is -8.49. The minimum atomic E-state index is -4.61. The van der Waals surface area contributed by atoms with Crippen LogP contribution in [0.4, 0.5) is 17.5 Å². The molecule has 0 saturated carbocycles. The zero-order valence-electron chi connectivity index (χ0n) is 59.9. The Morgan fingerprint density at radius 1 is 0.385 bits per heavy atom. The summed E-state index contributed by atoms with van der Waals surface area (Å²) in [7, 11) is -12.8. The second-order valence-electron chi connectivity index (χ2n) is 19.1. The molecule has 0 aliphatic rings. The fourth-order valence-electron chi connectivity index (χ4n) is 7.36. The number of hydrogen-bond donors (Lipinski definition) is 6. The van der Waals surface area contributed by atoms with Crippen LogP contribution in [-0.4, -0.2) is 144 Å². The Balaban J connectivity index is 0.000000218. The number of rotatable bonds is 33. The Bertz CT molecular complexity index is 4650. The van der Waals surface area contributed by atoms with E-state index in [0.29, 0.717) is 23.1 Å². The summed E-state index contributed by atoms with van der Waals surface area (Å²) < 4.78 is 186. The number of anilines is 3. The van der Waals surface area contributed by atoms with E-state index in [4.69, 9.17) is 39.4 Å². The van der Waals surface area contributed by atoms with Crippen molar-refractivity contribution in [2.75, 3.05) is 73.3 Å². The molecule has 510 valence electrons. The van der Waals surface area contributed by atoms with Crippen molar-refractivity contribution in [3.8, 4) is 69.1 Å². The predicted molar refractivity (Wildman–Crippen MR) is 371 cm³/mol. The Morgan fingerprint density at radius 2 is 0.698 bits per heavy atom. The molecule has 0 saturated heterocycles. The van der Waals surface area contributed by atoms with Crippen LogP contribution in [0.2, 0.25) is 0 Å². The standard InChI is InChI=1S/3C20H23BrN6O4S/c3*1-3-8-26-32(28,29)27-18-17(15-4-6-16(21)7-5-15)19(25-13-24-18)30-9-10-31-20-22-11-14(2)12-23-20/h3*4-7,11-13,26H,3,8-10H2,1-2H3,(H,24,25,27)/i3D2,8D2;9D2;8D2. The zero-order valence-corrected chi connectivity index (χ0v) is 59.1. The highest BCUT2D eigenvalue weighted by molar-refractivity contribution is 9.11. The molecule has 6 N–H and O–H groups in total. The van der Waals surface area contributed by atoms with E-state index >= 15 is 0 Å². The first kappa shape index (κ1) is 63.6. The van der Waals surface area contributed by atoms with Crippen molar-refractivity contribution in [1.82, 2.24) is 74.0 Å². The van der Waals surface area contributed by atoms with Gasteiger partial charge in [-0.1, -0.05) is 105 Å². The van der Waals surface area contributed by atoms with E-state index in [-0.39, 0.29) is 109 Å². The lowest BCUT2D eigenvalue weighted by atomic mass is 10.1. The summed E-state index contributed by atoms with van der Waals surface area (Å²) >= 11 is 10.1. The maximum absolute atomic E-state index is 12.7. The minimum absolute atomic E-state index is 0.00987. The second-order valence-corrected chi connectivity index (χ2v) is 26.2. The molecule has 3 aromatic carbocycles. The highest BCUT2D eigenvalue weighted by Gasteiger charge is 2.23. The number of ether oxygens (including phenoxy) is 6. The predicted octanol–water partition coefficient (Wildman–Crippen LogP) is 9.36. The normalized spacial score (nSPS) is 13.1. The molecule has 0 amide bonds. The fourth-order valence-corrected chi connectivity index (χ4v) is 10.6. The summed E-state index contributed by atoms with van der Waals surface area (Å²) in [6, 6.07) is 21.1. The van der Waals surface area contributed by atoms with Crippen molar-refractivity contribution in [2.24, 2.45) is 0 Å². The molecule has 0 aliphatic heterocycles. The molecule has 6 heterocycles. The van der Waals surface area contributed by atoms with E-state index in [9.17, 15) is 25.3 Å². The van der Waals surface area contributed by atoms with Gasteiger partial charge in [-0.2, -0.15) is 39.4 Å². The van der Waals surface area contributed by atoms with E-state index in [1.54, 1.807) is 115 Å². The van der Waals surface area contributed by atoms with Gasteiger partial charge < -0.3 is 28.4 Å². The molecular formula is C60H69Br3N18O12S3. The molecule has 30 nitrogen and oxygen atoms in total. The summed E-state index contributed by atoms with van der Waals surface area (Å²) in [5.41, 5.74) is 4.83. The number of benzene rings is 3. The van der Waals surface area contributed by atoms with Crippen LogP contribution in [0.25, 0.3) is 33.4 Å².